The van der Waals surface area contributed by atoms with Crippen LogP contribution in [0.2, 0.25) is 5.02 Å². The highest BCUT2D eigenvalue weighted by atomic mass is 35.5. The van der Waals surface area contributed by atoms with Gasteiger partial charge in [-0.1, -0.05) is 23.7 Å². The maximum atomic E-state index is 12.7. The first-order chi connectivity index (χ1) is 14.5. The molecule has 0 aliphatic rings. The fourth-order valence-electron chi connectivity index (χ4n) is 2.78. The van der Waals surface area contributed by atoms with Gasteiger partial charge in [0.15, 0.2) is 0 Å². The third-order valence-corrected chi connectivity index (χ3v) is 5.42. The molecule has 0 radical (unpaired) electrons. The van der Waals surface area contributed by atoms with E-state index < -0.39 is 5.97 Å². The molecule has 30 heavy (non-hydrogen) atoms. The van der Waals surface area contributed by atoms with Gasteiger partial charge < -0.3 is 19.5 Å². The summed E-state index contributed by atoms with van der Waals surface area (Å²) in [5, 5.41) is 5.76. The van der Waals surface area contributed by atoms with Crippen LogP contribution >= 0.6 is 22.9 Å². The minimum absolute atomic E-state index is 0.156. The number of hydrogen-bond acceptors (Lipinski definition) is 7. The number of carbonyl (C=O) groups excluding carboxylic acids is 2. The van der Waals surface area contributed by atoms with Gasteiger partial charge in [0.25, 0.3) is 0 Å². The molecule has 164 valence electrons. The first kappa shape index (κ1) is 24.3. The molecular weight excluding hydrogens is 428 g/mol. The molecule has 7 nitrogen and oxygen atoms in total. The van der Waals surface area contributed by atoms with E-state index in [1.54, 1.807) is 33.3 Å². The van der Waals surface area contributed by atoms with E-state index in [-0.39, 0.29) is 19.1 Å². The number of ether oxygens (including phenoxy) is 3. The Balaban J connectivity index is 2.22. The van der Waals surface area contributed by atoms with Crippen LogP contribution in [0, 0.1) is 0 Å². The van der Waals surface area contributed by atoms with Crippen molar-refractivity contribution in [3.8, 4) is 11.1 Å². The Labute approximate surface area is 185 Å². The monoisotopic (exact) mass is 454 g/mol. The zero-order chi connectivity index (χ0) is 21.9. The molecule has 2 rings (SSSR count). The fourth-order valence-corrected chi connectivity index (χ4v) is 3.88. The van der Waals surface area contributed by atoms with Gasteiger partial charge >= 0.3 is 5.97 Å². The summed E-state index contributed by atoms with van der Waals surface area (Å²) in [6.45, 7) is 4.34. The van der Waals surface area contributed by atoms with Crippen molar-refractivity contribution in [1.29, 1.82) is 0 Å². The van der Waals surface area contributed by atoms with E-state index in [1.807, 2.05) is 22.4 Å². The lowest BCUT2D eigenvalue weighted by Gasteiger charge is -2.20. The number of esters is 1. The van der Waals surface area contributed by atoms with Crippen LogP contribution in [-0.2, 0) is 19.0 Å². The SMILES string of the molecule is CCOC(=O)c1c(-c2ccc(Cl)cc2)csc1NC(=O)CN(CCOC)CCOC. The number of halogens is 1. The topological polar surface area (TPSA) is 77.1 Å². The molecule has 1 amide bonds. The first-order valence-electron chi connectivity index (χ1n) is 9.54. The molecule has 0 aliphatic heterocycles. The average molecular weight is 455 g/mol. The van der Waals surface area contributed by atoms with Crippen molar-refractivity contribution in [2.45, 2.75) is 6.92 Å². The van der Waals surface area contributed by atoms with Crippen LogP contribution in [-0.4, -0.2) is 70.5 Å². The summed E-state index contributed by atoms with van der Waals surface area (Å²) < 4.78 is 15.4. The number of hydrogen-bond donors (Lipinski definition) is 1. The second-order valence-corrected chi connectivity index (χ2v) is 7.71. The second kappa shape index (κ2) is 12.7. The normalized spacial score (nSPS) is 11.0. The quantitative estimate of drug-likeness (QED) is 0.492. The minimum Gasteiger partial charge on any atom is -0.462 e. The smallest absolute Gasteiger partial charge is 0.341 e. The van der Waals surface area contributed by atoms with Crippen LogP contribution in [0.5, 0.6) is 0 Å². The number of thiophene rings is 1. The van der Waals surface area contributed by atoms with Crippen LogP contribution in [0.4, 0.5) is 5.00 Å². The van der Waals surface area contributed by atoms with E-state index in [9.17, 15) is 9.59 Å². The van der Waals surface area contributed by atoms with E-state index in [0.29, 0.717) is 47.5 Å². The molecule has 0 unspecified atom stereocenters. The molecule has 0 saturated carbocycles. The van der Waals surface area contributed by atoms with Gasteiger partial charge in [-0.25, -0.2) is 4.79 Å². The van der Waals surface area contributed by atoms with Crippen molar-refractivity contribution < 1.29 is 23.8 Å². The summed E-state index contributed by atoms with van der Waals surface area (Å²) in [5.41, 5.74) is 1.86. The first-order valence-corrected chi connectivity index (χ1v) is 10.8. The lowest BCUT2D eigenvalue weighted by Crippen LogP contribution is -2.37. The van der Waals surface area contributed by atoms with Crippen LogP contribution in [0.3, 0.4) is 0 Å². The molecule has 1 aromatic heterocycles. The van der Waals surface area contributed by atoms with Crippen molar-refractivity contribution in [3.05, 3.63) is 40.2 Å². The van der Waals surface area contributed by atoms with Crippen molar-refractivity contribution >= 4 is 39.8 Å². The number of amides is 1. The molecule has 0 aliphatic carbocycles. The van der Waals surface area contributed by atoms with Crippen LogP contribution < -0.4 is 5.32 Å². The summed E-state index contributed by atoms with van der Waals surface area (Å²) in [5.74, 6) is -0.702. The van der Waals surface area contributed by atoms with Gasteiger partial charge in [0, 0.05) is 43.3 Å². The number of nitrogens with zero attached hydrogens (tertiary/aromatic N) is 1. The maximum Gasteiger partial charge on any atom is 0.341 e. The molecule has 1 N–H and O–H groups in total. The molecule has 9 heteroatoms. The number of nitrogens with one attached hydrogen (secondary N) is 1. The van der Waals surface area contributed by atoms with E-state index in [1.165, 1.54) is 11.3 Å². The van der Waals surface area contributed by atoms with Gasteiger partial charge in [0.1, 0.15) is 10.6 Å². The van der Waals surface area contributed by atoms with Gasteiger partial charge in [0.2, 0.25) is 5.91 Å². The Hall–Kier alpha value is -1.97. The highest BCUT2D eigenvalue weighted by molar-refractivity contribution is 7.15. The van der Waals surface area contributed by atoms with Gasteiger partial charge in [-0.3, -0.25) is 9.69 Å². The number of methoxy groups -OCH3 is 2. The van der Waals surface area contributed by atoms with E-state index in [2.05, 4.69) is 5.32 Å². The number of rotatable bonds is 12. The van der Waals surface area contributed by atoms with Crippen LogP contribution in [0.25, 0.3) is 11.1 Å². The molecule has 0 saturated heterocycles. The minimum atomic E-state index is -0.477. The fraction of sp³-hybridized carbons (Fsp3) is 0.429. The Bertz CT molecular complexity index is 817. The number of carbonyl (C=O) groups is 2. The summed E-state index contributed by atoms with van der Waals surface area (Å²) >= 11 is 7.26. The van der Waals surface area contributed by atoms with Gasteiger partial charge in [-0.15, -0.1) is 11.3 Å². The molecule has 0 spiro atoms. The summed E-state index contributed by atoms with van der Waals surface area (Å²) in [4.78, 5) is 27.2. The van der Waals surface area contributed by atoms with Crippen molar-refractivity contribution in [2.75, 3.05) is 59.0 Å². The standard InChI is InChI=1S/C21H27ClN2O5S/c1-4-29-21(26)19-17(15-5-7-16(22)8-6-15)14-30-20(19)23-18(25)13-24(9-11-27-2)10-12-28-3/h5-8,14H,4,9-13H2,1-3H3,(H,23,25). The predicted molar refractivity (Wildman–Crippen MR) is 120 cm³/mol. The third kappa shape index (κ3) is 7.07. The van der Waals surface area contributed by atoms with Crippen molar-refractivity contribution in [3.63, 3.8) is 0 Å². The van der Waals surface area contributed by atoms with Crippen molar-refractivity contribution in [1.82, 2.24) is 4.90 Å². The molecule has 0 bridgehead atoms. The predicted octanol–water partition coefficient (Wildman–Crippen LogP) is 3.78. The van der Waals surface area contributed by atoms with Crippen LogP contribution in [0.1, 0.15) is 17.3 Å². The van der Waals surface area contributed by atoms with Crippen LogP contribution in [0.15, 0.2) is 29.6 Å². The van der Waals surface area contributed by atoms with Gasteiger partial charge in [-0.2, -0.15) is 0 Å². The zero-order valence-corrected chi connectivity index (χ0v) is 19.0. The maximum absolute atomic E-state index is 12.7. The molecular formula is C21H27ClN2O5S. The molecule has 1 aromatic carbocycles. The number of benzene rings is 1. The highest BCUT2D eigenvalue weighted by Gasteiger charge is 2.23. The molecule has 1 heterocycles. The summed E-state index contributed by atoms with van der Waals surface area (Å²) in [6, 6.07) is 7.17. The lowest BCUT2D eigenvalue weighted by atomic mass is 10.0. The van der Waals surface area contributed by atoms with E-state index in [4.69, 9.17) is 25.8 Å². The number of anilines is 1. The Morgan fingerprint density at radius 3 is 2.30 bits per heavy atom. The molecule has 2 aromatic rings. The van der Waals surface area contributed by atoms with E-state index in [0.717, 1.165) is 5.56 Å². The molecule has 0 atom stereocenters. The molecule has 0 fully saturated rings. The zero-order valence-electron chi connectivity index (χ0n) is 17.4. The van der Waals surface area contributed by atoms with E-state index >= 15 is 0 Å². The Kier molecular flexibility index (Phi) is 10.3. The third-order valence-electron chi connectivity index (χ3n) is 4.27. The Morgan fingerprint density at radius 1 is 1.10 bits per heavy atom. The lowest BCUT2D eigenvalue weighted by molar-refractivity contribution is -0.117. The van der Waals surface area contributed by atoms with Gasteiger partial charge in [-0.05, 0) is 24.6 Å². The second-order valence-electron chi connectivity index (χ2n) is 6.39. The summed E-state index contributed by atoms with van der Waals surface area (Å²) in [7, 11) is 3.23. The van der Waals surface area contributed by atoms with Gasteiger partial charge in [0.05, 0.1) is 26.4 Å². The largest absolute Gasteiger partial charge is 0.462 e. The Morgan fingerprint density at radius 2 is 1.73 bits per heavy atom. The summed E-state index contributed by atoms with van der Waals surface area (Å²) in [6.07, 6.45) is 0. The average Bonchev–Trinajstić information content (AvgIpc) is 3.14. The highest BCUT2D eigenvalue weighted by Crippen LogP contribution is 2.36. The van der Waals surface area contributed by atoms with Crippen molar-refractivity contribution in [2.24, 2.45) is 0 Å².